The Morgan fingerprint density at radius 3 is 3.10 bits per heavy atom. The van der Waals surface area contributed by atoms with Gasteiger partial charge in [-0.1, -0.05) is 18.9 Å². The van der Waals surface area contributed by atoms with Crippen LogP contribution in [0.1, 0.15) is 24.7 Å². The van der Waals surface area contributed by atoms with Crippen molar-refractivity contribution in [1.82, 2.24) is 14.8 Å². The quantitative estimate of drug-likeness (QED) is 0.659. The number of aromatic amines is 1. The summed E-state index contributed by atoms with van der Waals surface area (Å²) in [5.74, 6) is 3.15. The number of terminal acetylenes is 1. The average Bonchev–Trinajstić information content (AvgIpc) is 2.81. The minimum absolute atomic E-state index is 0.130. The molecule has 0 aliphatic carbocycles. The molecule has 21 heavy (non-hydrogen) atoms. The summed E-state index contributed by atoms with van der Waals surface area (Å²) >= 11 is 5.15. The van der Waals surface area contributed by atoms with Gasteiger partial charge in [0.2, 0.25) is 5.91 Å². The fourth-order valence-electron chi connectivity index (χ4n) is 1.96. The van der Waals surface area contributed by atoms with E-state index in [0.717, 1.165) is 24.2 Å². The highest BCUT2D eigenvalue weighted by molar-refractivity contribution is 7.71. The molecule has 0 atom stereocenters. The van der Waals surface area contributed by atoms with E-state index in [2.05, 4.69) is 21.4 Å². The number of aryl methyl sites for hydroxylation is 1. The molecular weight excluding hydrogens is 284 g/mol. The second-order valence-electron chi connectivity index (χ2n) is 4.55. The molecule has 6 heteroatoms. The number of aromatic nitrogens is 3. The van der Waals surface area contributed by atoms with Crippen molar-refractivity contribution < 1.29 is 4.79 Å². The summed E-state index contributed by atoms with van der Waals surface area (Å²) in [6.45, 7) is 2.18. The van der Waals surface area contributed by atoms with Crippen molar-refractivity contribution in [2.45, 2.75) is 26.3 Å². The molecule has 0 aliphatic rings. The Morgan fingerprint density at radius 1 is 1.57 bits per heavy atom. The molecule has 108 valence electrons. The lowest BCUT2D eigenvalue weighted by atomic mass is 10.2. The molecule has 0 fully saturated rings. The van der Waals surface area contributed by atoms with E-state index in [9.17, 15) is 4.79 Å². The van der Waals surface area contributed by atoms with Gasteiger partial charge in [0.1, 0.15) is 12.4 Å². The first kappa shape index (κ1) is 15.0. The van der Waals surface area contributed by atoms with E-state index in [1.165, 1.54) is 0 Å². The van der Waals surface area contributed by atoms with Crippen LogP contribution in [0.5, 0.6) is 0 Å². The standard InChI is InChI=1S/C15H16N4OS/c1-3-6-13-17-18-15(21)19(13)10-14(20)16-12-8-5-7-11(4-2)9-12/h2,5,7-9H,3,6,10H2,1H3,(H,16,20)(H,18,21). The fraction of sp³-hybridized carbons (Fsp3) is 0.267. The van der Waals surface area contributed by atoms with Crippen LogP contribution in [0.15, 0.2) is 24.3 Å². The number of carbonyl (C=O) groups is 1. The topological polar surface area (TPSA) is 62.7 Å². The predicted octanol–water partition coefficient (Wildman–Crippen LogP) is 2.51. The molecule has 0 spiro atoms. The van der Waals surface area contributed by atoms with Gasteiger partial charge >= 0.3 is 0 Å². The number of benzene rings is 1. The van der Waals surface area contributed by atoms with Gasteiger partial charge < -0.3 is 5.32 Å². The van der Waals surface area contributed by atoms with Crippen molar-refractivity contribution in [1.29, 1.82) is 0 Å². The predicted molar refractivity (Wildman–Crippen MR) is 84.4 cm³/mol. The maximum Gasteiger partial charge on any atom is 0.244 e. The zero-order chi connectivity index (χ0) is 15.2. The van der Waals surface area contributed by atoms with Crippen LogP contribution in [0.4, 0.5) is 5.69 Å². The smallest absolute Gasteiger partial charge is 0.244 e. The molecule has 1 aromatic carbocycles. The van der Waals surface area contributed by atoms with Crippen molar-refractivity contribution in [2.24, 2.45) is 0 Å². The van der Waals surface area contributed by atoms with Crippen molar-refractivity contribution >= 4 is 23.8 Å². The van der Waals surface area contributed by atoms with Crippen molar-refractivity contribution in [3.8, 4) is 12.3 Å². The van der Waals surface area contributed by atoms with Crippen LogP contribution < -0.4 is 5.32 Å². The number of carbonyl (C=O) groups excluding carboxylic acids is 1. The zero-order valence-electron chi connectivity index (χ0n) is 11.7. The molecule has 2 aromatic rings. The Kier molecular flexibility index (Phi) is 4.90. The molecule has 0 saturated heterocycles. The Bertz CT molecular complexity index is 739. The lowest BCUT2D eigenvalue weighted by Gasteiger charge is -2.08. The van der Waals surface area contributed by atoms with Gasteiger partial charge in [0, 0.05) is 17.7 Å². The highest BCUT2D eigenvalue weighted by Crippen LogP contribution is 2.10. The Balaban J connectivity index is 2.10. The molecule has 0 aliphatic heterocycles. The van der Waals surface area contributed by atoms with Gasteiger partial charge in [-0.05, 0) is 36.8 Å². The first-order valence-corrected chi connectivity index (χ1v) is 7.05. The monoisotopic (exact) mass is 300 g/mol. The van der Waals surface area contributed by atoms with E-state index < -0.39 is 0 Å². The molecule has 1 amide bonds. The van der Waals surface area contributed by atoms with Gasteiger partial charge in [0.05, 0.1) is 0 Å². The van der Waals surface area contributed by atoms with Gasteiger partial charge in [-0.3, -0.25) is 14.5 Å². The first-order chi connectivity index (χ1) is 10.1. The Morgan fingerprint density at radius 2 is 2.38 bits per heavy atom. The molecule has 1 heterocycles. The largest absolute Gasteiger partial charge is 0.324 e. The third-order valence-corrected chi connectivity index (χ3v) is 3.24. The molecule has 1 aromatic heterocycles. The minimum atomic E-state index is -0.168. The number of anilines is 1. The summed E-state index contributed by atoms with van der Waals surface area (Å²) in [5.41, 5.74) is 1.39. The number of hydrogen-bond acceptors (Lipinski definition) is 3. The molecule has 0 unspecified atom stereocenters. The summed E-state index contributed by atoms with van der Waals surface area (Å²) in [5, 5.41) is 9.66. The maximum atomic E-state index is 12.1. The normalized spacial score (nSPS) is 10.1. The maximum absolute atomic E-state index is 12.1. The average molecular weight is 300 g/mol. The molecule has 2 N–H and O–H groups in total. The summed E-state index contributed by atoms with van der Waals surface area (Å²) in [7, 11) is 0. The van der Waals surface area contributed by atoms with Crippen LogP contribution in [0.3, 0.4) is 0 Å². The molecule has 0 bridgehead atoms. The summed E-state index contributed by atoms with van der Waals surface area (Å²) in [6.07, 6.45) is 7.05. The summed E-state index contributed by atoms with van der Waals surface area (Å²) in [4.78, 5) is 12.1. The van der Waals surface area contributed by atoms with Crippen molar-refractivity contribution in [2.75, 3.05) is 5.32 Å². The number of nitrogens with one attached hydrogen (secondary N) is 2. The second kappa shape index (κ2) is 6.86. The van der Waals surface area contributed by atoms with E-state index in [0.29, 0.717) is 10.5 Å². The highest BCUT2D eigenvalue weighted by atomic mass is 32.1. The molecule has 0 radical (unpaired) electrons. The third kappa shape index (κ3) is 3.80. The van der Waals surface area contributed by atoms with E-state index in [-0.39, 0.29) is 12.5 Å². The second-order valence-corrected chi connectivity index (χ2v) is 4.94. The summed E-state index contributed by atoms with van der Waals surface area (Å²) in [6, 6.07) is 7.15. The molecule has 0 saturated carbocycles. The van der Waals surface area contributed by atoms with Crippen LogP contribution in [-0.2, 0) is 17.8 Å². The van der Waals surface area contributed by atoms with Gasteiger partial charge in [-0.2, -0.15) is 5.10 Å². The van der Waals surface area contributed by atoms with Crippen LogP contribution >= 0.6 is 12.2 Å². The number of rotatable bonds is 5. The van der Waals surface area contributed by atoms with Gasteiger partial charge in [0.25, 0.3) is 0 Å². The Labute approximate surface area is 128 Å². The van der Waals surface area contributed by atoms with Crippen LogP contribution in [0.2, 0.25) is 0 Å². The lowest BCUT2D eigenvalue weighted by Crippen LogP contribution is -2.20. The molecule has 5 nitrogen and oxygen atoms in total. The van der Waals surface area contributed by atoms with Crippen LogP contribution in [-0.4, -0.2) is 20.7 Å². The zero-order valence-corrected chi connectivity index (χ0v) is 12.5. The van der Waals surface area contributed by atoms with Gasteiger partial charge in [-0.25, -0.2) is 0 Å². The number of hydrogen-bond donors (Lipinski definition) is 2. The number of nitrogens with zero attached hydrogens (tertiary/aromatic N) is 2. The van der Waals surface area contributed by atoms with Gasteiger partial charge in [0.15, 0.2) is 4.77 Å². The van der Waals surface area contributed by atoms with Crippen LogP contribution in [0.25, 0.3) is 0 Å². The summed E-state index contributed by atoms with van der Waals surface area (Å²) < 4.78 is 2.16. The fourth-order valence-corrected chi connectivity index (χ4v) is 2.17. The minimum Gasteiger partial charge on any atom is -0.324 e. The van der Waals surface area contributed by atoms with Crippen LogP contribution in [0, 0.1) is 17.1 Å². The van der Waals surface area contributed by atoms with E-state index in [4.69, 9.17) is 18.6 Å². The highest BCUT2D eigenvalue weighted by Gasteiger charge is 2.10. The number of amides is 1. The molecule has 2 rings (SSSR count). The Hall–Kier alpha value is -2.39. The van der Waals surface area contributed by atoms with E-state index in [1.807, 2.05) is 6.92 Å². The van der Waals surface area contributed by atoms with Crippen molar-refractivity contribution in [3.05, 3.63) is 40.4 Å². The lowest BCUT2D eigenvalue weighted by molar-refractivity contribution is -0.116. The molecular formula is C15H16N4OS. The van der Waals surface area contributed by atoms with Gasteiger partial charge in [-0.15, -0.1) is 6.42 Å². The van der Waals surface area contributed by atoms with E-state index in [1.54, 1.807) is 28.8 Å². The van der Waals surface area contributed by atoms with Crippen molar-refractivity contribution in [3.63, 3.8) is 0 Å². The number of H-pyrrole nitrogens is 1. The van der Waals surface area contributed by atoms with E-state index >= 15 is 0 Å². The SMILES string of the molecule is C#Cc1cccc(NC(=O)Cn2c(CCC)n[nH]c2=S)c1. The third-order valence-electron chi connectivity index (χ3n) is 2.93. The first-order valence-electron chi connectivity index (χ1n) is 6.64.